The van der Waals surface area contributed by atoms with Gasteiger partial charge in [0.25, 0.3) is 0 Å². The van der Waals surface area contributed by atoms with Crippen molar-refractivity contribution in [2.75, 3.05) is 0 Å². The minimum absolute atomic E-state index is 0.0835. The number of nitrogens with two attached hydrogens (primary N) is 1. The van der Waals surface area contributed by atoms with Gasteiger partial charge < -0.3 is 10.8 Å². The number of hydrogen-bond acceptors (Lipinski definition) is 3. The zero-order chi connectivity index (χ0) is 12.0. The average Bonchev–Trinajstić information content (AvgIpc) is 2.77. The molecule has 1 aliphatic rings. The van der Waals surface area contributed by atoms with Crippen LogP contribution < -0.4 is 5.73 Å². The van der Waals surface area contributed by atoms with Gasteiger partial charge in [0.05, 0.1) is 18.4 Å². The van der Waals surface area contributed by atoms with Crippen molar-refractivity contribution >= 4 is 0 Å². The van der Waals surface area contributed by atoms with Gasteiger partial charge in [-0.15, -0.1) is 0 Å². The van der Waals surface area contributed by atoms with Gasteiger partial charge in [0.1, 0.15) is 5.75 Å². The van der Waals surface area contributed by atoms with E-state index < -0.39 is 0 Å². The fourth-order valence-corrected chi connectivity index (χ4v) is 2.44. The first-order valence-electron chi connectivity index (χ1n) is 5.77. The molecule has 17 heavy (non-hydrogen) atoms. The van der Waals surface area contributed by atoms with Crippen molar-refractivity contribution in [3.63, 3.8) is 0 Å². The number of nitrogens with zero attached hydrogens (tertiary/aromatic N) is 2. The van der Waals surface area contributed by atoms with Gasteiger partial charge in [0.15, 0.2) is 0 Å². The SMILES string of the molecule is CC(N)Cn1ncc2c1-c1ccc(O)cc1C2. The summed E-state index contributed by atoms with van der Waals surface area (Å²) >= 11 is 0. The highest BCUT2D eigenvalue weighted by Gasteiger charge is 2.23. The van der Waals surface area contributed by atoms with Gasteiger partial charge in [-0.25, -0.2) is 0 Å². The van der Waals surface area contributed by atoms with Crippen molar-refractivity contribution in [3.8, 4) is 17.0 Å². The molecule has 0 aliphatic heterocycles. The second-order valence-corrected chi connectivity index (χ2v) is 4.70. The number of phenolic OH excluding ortho intramolecular Hbond substituents is 1. The molecule has 1 aliphatic carbocycles. The summed E-state index contributed by atoms with van der Waals surface area (Å²) in [7, 11) is 0. The Morgan fingerprint density at radius 2 is 2.29 bits per heavy atom. The van der Waals surface area contributed by atoms with Crippen LogP contribution in [0.25, 0.3) is 11.3 Å². The molecule has 1 unspecified atom stereocenters. The highest BCUT2D eigenvalue weighted by molar-refractivity contribution is 5.74. The van der Waals surface area contributed by atoms with Crippen LogP contribution in [0.3, 0.4) is 0 Å². The zero-order valence-electron chi connectivity index (χ0n) is 9.72. The molecule has 3 rings (SSSR count). The third-order valence-electron chi connectivity index (χ3n) is 3.10. The number of fused-ring (bicyclic) bond motifs is 3. The van der Waals surface area contributed by atoms with Crippen LogP contribution in [0.4, 0.5) is 0 Å². The summed E-state index contributed by atoms with van der Waals surface area (Å²) in [5, 5.41) is 13.9. The molecular formula is C13H15N3O. The highest BCUT2D eigenvalue weighted by atomic mass is 16.3. The van der Waals surface area contributed by atoms with E-state index in [9.17, 15) is 5.11 Å². The molecule has 1 atom stereocenters. The van der Waals surface area contributed by atoms with Gasteiger partial charge in [-0.3, -0.25) is 4.68 Å². The van der Waals surface area contributed by atoms with Crippen LogP contribution in [0.5, 0.6) is 5.75 Å². The van der Waals surface area contributed by atoms with E-state index in [1.165, 1.54) is 5.56 Å². The zero-order valence-corrected chi connectivity index (χ0v) is 9.72. The first kappa shape index (κ1) is 10.4. The van der Waals surface area contributed by atoms with E-state index in [-0.39, 0.29) is 6.04 Å². The first-order valence-corrected chi connectivity index (χ1v) is 5.77. The second-order valence-electron chi connectivity index (χ2n) is 4.70. The smallest absolute Gasteiger partial charge is 0.115 e. The Morgan fingerprint density at radius 3 is 3.06 bits per heavy atom. The molecule has 0 amide bonds. The summed E-state index contributed by atoms with van der Waals surface area (Å²) < 4.78 is 1.96. The molecule has 1 aromatic heterocycles. The number of aromatic nitrogens is 2. The molecule has 0 saturated heterocycles. The van der Waals surface area contributed by atoms with Crippen LogP contribution >= 0.6 is 0 Å². The molecule has 1 aromatic carbocycles. The summed E-state index contributed by atoms with van der Waals surface area (Å²) in [5.41, 5.74) is 10.5. The maximum Gasteiger partial charge on any atom is 0.115 e. The van der Waals surface area contributed by atoms with Crippen molar-refractivity contribution < 1.29 is 5.11 Å². The van der Waals surface area contributed by atoms with Crippen LogP contribution in [0.2, 0.25) is 0 Å². The summed E-state index contributed by atoms with van der Waals surface area (Å²) in [6, 6.07) is 5.58. The molecule has 1 heterocycles. The van der Waals surface area contributed by atoms with E-state index >= 15 is 0 Å². The summed E-state index contributed by atoms with van der Waals surface area (Å²) in [6.45, 7) is 2.69. The molecule has 0 radical (unpaired) electrons. The van der Waals surface area contributed by atoms with E-state index in [2.05, 4.69) is 5.10 Å². The Balaban J connectivity index is 2.10. The molecule has 0 bridgehead atoms. The third-order valence-corrected chi connectivity index (χ3v) is 3.10. The quantitative estimate of drug-likeness (QED) is 0.700. The lowest BCUT2D eigenvalue weighted by molar-refractivity contribution is 0.475. The standard InChI is InChI=1S/C13H15N3O/c1-8(14)7-16-13-10(6-15-16)4-9-5-11(17)2-3-12(9)13/h2-3,5-6,8,17H,4,7,14H2,1H3. The molecule has 3 N–H and O–H groups in total. The van der Waals surface area contributed by atoms with Crippen molar-refractivity contribution in [3.05, 3.63) is 35.5 Å². The van der Waals surface area contributed by atoms with Gasteiger partial charge in [0, 0.05) is 23.6 Å². The molecule has 4 nitrogen and oxygen atoms in total. The summed E-state index contributed by atoms with van der Waals surface area (Å²) in [6.07, 6.45) is 2.74. The monoisotopic (exact) mass is 229 g/mol. The molecule has 0 saturated carbocycles. The average molecular weight is 229 g/mol. The predicted octanol–water partition coefficient (Wildman–Crippen LogP) is 1.51. The Hall–Kier alpha value is -1.81. The molecule has 4 heteroatoms. The lowest BCUT2D eigenvalue weighted by Gasteiger charge is -2.09. The van der Waals surface area contributed by atoms with E-state index in [0.717, 1.165) is 29.8 Å². The van der Waals surface area contributed by atoms with Crippen molar-refractivity contribution in [1.29, 1.82) is 0 Å². The van der Waals surface area contributed by atoms with Gasteiger partial charge in [-0.2, -0.15) is 5.10 Å². The van der Waals surface area contributed by atoms with Gasteiger partial charge in [-0.05, 0) is 30.7 Å². The second kappa shape index (κ2) is 3.60. The predicted molar refractivity (Wildman–Crippen MR) is 65.8 cm³/mol. The van der Waals surface area contributed by atoms with Gasteiger partial charge in [0.2, 0.25) is 0 Å². The Morgan fingerprint density at radius 1 is 1.47 bits per heavy atom. The lowest BCUT2D eigenvalue weighted by Crippen LogP contribution is -2.23. The minimum atomic E-state index is 0.0835. The van der Waals surface area contributed by atoms with E-state index in [0.29, 0.717) is 5.75 Å². The summed E-state index contributed by atoms with van der Waals surface area (Å²) in [5.74, 6) is 0.320. The van der Waals surface area contributed by atoms with Crippen molar-refractivity contribution in [1.82, 2.24) is 9.78 Å². The molecule has 2 aromatic rings. The van der Waals surface area contributed by atoms with E-state index in [4.69, 9.17) is 5.73 Å². The van der Waals surface area contributed by atoms with Crippen molar-refractivity contribution in [2.45, 2.75) is 25.9 Å². The normalized spacial score (nSPS) is 14.5. The van der Waals surface area contributed by atoms with Crippen LogP contribution in [0, 0.1) is 0 Å². The summed E-state index contributed by atoms with van der Waals surface area (Å²) in [4.78, 5) is 0. The van der Waals surface area contributed by atoms with Gasteiger partial charge in [-0.1, -0.05) is 0 Å². The molecule has 0 fully saturated rings. The van der Waals surface area contributed by atoms with Gasteiger partial charge >= 0.3 is 0 Å². The largest absolute Gasteiger partial charge is 0.508 e. The third kappa shape index (κ3) is 1.61. The molecular weight excluding hydrogens is 214 g/mol. The fraction of sp³-hybridized carbons (Fsp3) is 0.308. The molecule has 0 spiro atoms. The number of rotatable bonds is 2. The minimum Gasteiger partial charge on any atom is -0.508 e. The van der Waals surface area contributed by atoms with Crippen LogP contribution in [0.1, 0.15) is 18.1 Å². The number of benzene rings is 1. The number of phenols is 1. The fourth-order valence-electron chi connectivity index (χ4n) is 2.44. The van der Waals surface area contributed by atoms with E-state index in [1.54, 1.807) is 6.07 Å². The maximum absolute atomic E-state index is 9.49. The lowest BCUT2D eigenvalue weighted by atomic mass is 10.1. The Bertz CT molecular complexity index is 572. The van der Waals surface area contributed by atoms with Crippen LogP contribution in [-0.2, 0) is 13.0 Å². The number of hydrogen-bond donors (Lipinski definition) is 2. The Kier molecular flexibility index (Phi) is 2.19. The van der Waals surface area contributed by atoms with Crippen LogP contribution in [0.15, 0.2) is 24.4 Å². The first-order chi connectivity index (χ1) is 8.15. The highest BCUT2D eigenvalue weighted by Crippen LogP contribution is 2.37. The Labute approximate surface area is 99.7 Å². The van der Waals surface area contributed by atoms with E-state index in [1.807, 2.05) is 29.9 Å². The van der Waals surface area contributed by atoms with Crippen molar-refractivity contribution in [2.24, 2.45) is 5.73 Å². The molecule has 88 valence electrons. The number of aromatic hydroxyl groups is 1. The van der Waals surface area contributed by atoms with Crippen LogP contribution in [-0.4, -0.2) is 20.9 Å². The topological polar surface area (TPSA) is 64.1 Å². The maximum atomic E-state index is 9.49.